The summed E-state index contributed by atoms with van der Waals surface area (Å²) in [7, 11) is 2.89. The van der Waals surface area contributed by atoms with Crippen molar-refractivity contribution < 1.29 is 46.1 Å². The van der Waals surface area contributed by atoms with Gasteiger partial charge in [0.15, 0.2) is 11.6 Å². The molecule has 2 N–H and O–H groups in total. The minimum Gasteiger partial charge on any atom is -0.255 e. The van der Waals surface area contributed by atoms with Crippen LogP contribution in [0.4, 0.5) is 26.3 Å². The van der Waals surface area contributed by atoms with Gasteiger partial charge >= 0.3 is 12.4 Å². The van der Waals surface area contributed by atoms with E-state index >= 15 is 0 Å². The molecule has 6 aromatic rings. The zero-order valence-corrected chi connectivity index (χ0v) is 33.4. The van der Waals surface area contributed by atoms with E-state index in [0.29, 0.717) is 17.0 Å². The number of aromatic nitrogens is 8. The SMILES string of the molecule is CC(C)(C)c1ccnc(-c2n[nH]c(C(F)(F)F)n2)c1.CC(C)(C)c1ccnc(-c2n[nH]c(C(F)(F)F)n2)c1.PC(c1ccccc1)c1ccccc1.[Os]. The summed E-state index contributed by atoms with van der Waals surface area (Å²) < 4.78 is 74.6. The molecule has 4 aromatic heterocycles. The van der Waals surface area contributed by atoms with Crippen LogP contribution in [0, 0.1) is 0 Å². The van der Waals surface area contributed by atoms with Gasteiger partial charge in [-0.3, -0.25) is 20.2 Å². The van der Waals surface area contributed by atoms with E-state index in [1.54, 1.807) is 24.5 Å². The molecule has 1 atom stereocenters. The quantitative estimate of drug-likeness (QED) is 0.135. The van der Waals surface area contributed by atoms with Gasteiger partial charge in [-0.15, -0.1) is 9.24 Å². The average molecular weight is 931 g/mol. The van der Waals surface area contributed by atoms with Crippen molar-refractivity contribution in [2.24, 2.45) is 0 Å². The third kappa shape index (κ3) is 12.4. The van der Waals surface area contributed by atoms with Crippen LogP contribution in [0.2, 0.25) is 0 Å². The maximum Gasteiger partial charge on any atom is 0.451 e. The monoisotopic (exact) mass is 932 g/mol. The summed E-state index contributed by atoms with van der Waals surface area (Å²) in [5.74, 6) is -2.35. The Kier molecular flexibility index (Phi) is 14.4. The Labute approximate surface area is 319 Å². The first kappa shape index (κ1) is 43.1. The zero-order valence-electron chi connectivity index (χ0n) is 29.7. The Balaban J connectivity index is 0.000000215. The van der Waals surface area contributed by atoms with Crippen LogP contribution in [0.1, 0.15) is 81.1 Å². The first-order valence-corrected chi connectivity index (χ1v) is 16.7. The van der Waals surface area contributed by atoms with Crippen molar-refractivity contribution in [3.63, 3.8) is 0 Å². The van der Waals surface area contributed by atoms with Gasteiger partial charge in [-0.1, -0.05) is 102 Å². The molecule has 2 aromatic carbocycles. The fourth-order valence-corrected chi connectivity index (χ4v) is 5.00. The predicted octanol–water partition coefficient (Wildman–Crippen LogP) is 10.0. The van der Waals surface area contributed by atoms with E-state index in [1.807, 2.05) is 76.0 Å². The molecule has 0 amide bonds. The van der Waals surface area contributed by atoms with Crippen LogP contribution >= 0.6 is 9.24 Å². The summed E-state index contributed by atoms with van der Waals surface area (Å²) in [5.41, 5.74) is 5.37. The molecule has 1 unspecified atom stereocenters. The summed E-state index contributed by atoms with van der Waals surface area (Å²) in [5, 5.41) is 10.9. The predicted molar refractivity (Wildman–Crippen MR) is 191 cm³/mol. The second-order valence-electron chi connectivity index (χ2n) is 13.7. The first-order valence-electron chi connectivity index (χ1n) is 16.0. The number of hydrogen-bond acceptors (Lipinski definition) is 6. The fourth-order valence-electron chi connectivity index (χ4n) is 4.56. The van der Waals surface area contributed by atoms with E-state index in [9.17, 15) is 26.3 Å². The van der Waals surface area contributed by atoms with Crippen LogP contribution in [0.3, 0.4) is 0 Å². The normalized spacial score (nSPS) is 11.9. The van der Waals surface area contributed by atoms with Crippen LogP contribution in [-0.2, 0) is 43.0 Å². The van der Waals surface area contributed by atoms with E-state index in [4.69, 9.17) is 0 Å². The van der Waals surface area contributed by atoms with Crippen molar-refractivity contribution in [3.05, 3.63) is 131 Å². The molecule has 0 bridgehead atoms. The molecular formula is C37H39F6N8OsP. The van der Waals surface area contributed by atoms with Crippen LogP contribution in [0.5, 0.6) is 0 Å². The van der Waals surface area contributed by atoms with Gasteiger partial charge in [0.25, 0.3) is 0 Å². The molecular weight excluding hydrogens is 892 g/mol. The Hall–Kier alpha value is -4.33. The molecule has 0 radical (unpaired) electrons. The van der Waals surface area contributed by atoms with Crippen LogP contribution in [0.25, 0.3) is 23.0 Å². The number of H-pyrrole nitrogens is 2. The van der Waals surface area contributed by atoms with Crippen LogP contribution in [0.15, 0.2) is 97.3 Å². The summed E-state index contributed by atoms with van der Waals surface area (Å²) in [4.78, 5) is 14.9. The van der Waals surface area contributed by atoms with E-state index in [2.05, 4.69) is 87.9 Å². The maximum absolute atomic E-state index is 12.4. The Bertz CT molecular complexity index is 1870. The van der Waals surface area contributed by atoms with Gasteiger partial charge in [0.05, 0.1) is 0 Å². The number of nitrogens with zero attached hydrogens (tertiary/aromatic N) is 6. The molecule has 0 aliphatic carbocycles. The Morgan fingerprint density at radius 2 is 0.887 bits per heavy atom. The fraction of sp³-hybridized carbons (Fsp3) is 0.297. The van der Waals surface area contributed by atoms with Crippen molar-refractivity contribution in [2.45, 2.75) is 70.4 Å². The molecule has 0 spiro atoms. The van der Waals surface area contributed by atoms with E-state index in [-0.39, 0.29) is 42.3 Å². The minimum absolute atomic E-state index is 0. The number of halogens is 6. The number of rotatable bonds is 4. The molecule has 0 fully saturated rings. The number of aromatic amines is 2. The standard InChI is InChI=1S/C13H13P.2C12H13F3N4.Os/c14-13(11-7-3-1-4-8-11)12-9-5-2-6-10-12;2*1-11(2,3)7-4-5-16-8(6-7)9-17-10(19-18-9)12(13,14)15;/h1-10,13H,14H2;2*4-6H,1-3H3,(H,17,18,19);. The van der Waals surface area contributed by atoms with Crippen molar-refractivity contribution in [2.75, 3.05) is 0 Å². The topological polar surface area (TPSA) is 109 Å². The molecule has 6 rings (SSSR count). The molecule has 282 valence electrons. The van der Waals surface area contributed by atoms with Gasteiger partial charge in [-0.2, -0.15) is 36.5 Å². The number of hydrogen-bond donors (Lipinski definition) is 2. The molecule has 8 nitrogen and oxygen atoms in total. The summed E-state index contributed by atoms with van der Waals surface area (Å²) in [6, 6.07) is 28.1. The zero-order chi connectivity index (χ0) is 38.3. The van der Waals surface area contributed by atoms with Gasteiger partial charge in [0, 0.05) is 37.8 Å². The summed E-state index contributed by atoms with van der Waals surface area (Å²) in [6.45, 7) is 12.0. The van der Waals surface area contributed by atoms with Crippen LogP contribution in [-0.4, -0.2) is 40.3 Å². The van der Waals surface area contributed by atoms with Gasteiger partial charge in [0.1, 0.15) is 11.4 Å². The molecule has 0 aliphatic rings. The summed E-state index contributed by atoms with van der Waals surface area (Å²) in [6.07, 6.45) is -5.99. The number of benzene rings is 2. The van der Waals surface area contributed by atoms with E-state index in [1.165, 1.54) is 11.1 Å². The van der Waals surface area contributed by atoms with Gasteiger partial charge in [-0.25, -0.2) is 9.97 Å². The largest absolute Gasteiger partial charge is 0.451 e. The summed E-state index contributed by atoms with van der Waals surface area (Å²) >= 11 is 0. The second-order valence-corrected chi connectivity index (χ2v) is 14.3. The molecule has 53 heavy (non-hydrogen) atoms. The van der Waals surface area contributed by atoms with E-state index < -0.39 is 24.0 Å². The van der Waals surface area contributed by atoms with Crippen molar-refractivity contribution in [1.82, 2.24) is 40.3 Å². The maximum atomic E-state index is 12.4. The minimum atomic E-state index is -4.53. The number of pyridine rings is 2. The van der Waals surface area contributed by atoms with Gasteiger partial charge in [0.2, 0.25) is 11.6 Å². The molecule has 0 aliphatic heterocycles. The average Bonchev–Trinajstić information content (AvgIpc) is 3.81. The third-order valence-corrected chi connectivity index (χ3v) is 8.31. The van der Waals surface area contributed by atoms with Crippen molar-refractivity contribution in [3.8, 4) is 23.0 Å². The Morgan fingerprint density at radius 1 is 0.547 bits per heavy atom. The molecule has 4 heterocycles. The third-order valence-electron chi connectivity index (χ3n) is 7.54. The number of alkyl halides is 6. The van der Waals surface area contributed by atoms with Gasteiger partial charge in [-0.05, 0) is 57.3 Å². The molecule has 0 saturated carbocycles. The smallest absolute Gasteiger partial charge is 0.255 e. The first-order chi connectivity index (χ1) is 24.2. The molecule has 0 saturated heterocycles. The van der Waals surface area contributed by atoms with Crippen LogP contribution < -0.4 is 0 Å². The van der Waals surface area contributed by atoms with E-state index in [0.717, 1.165) is 11.1 Å². The Morgan fingerprint density at radius 3 is 1.17 bits per heavy atom. The second kappa shape index (κ2) is 17.7. The van der Waals surface area contributed by atoms with Crippen molar-refractivity contribution >= 4 is 9.24 Å². The molecule has 16 heteroatoms. The van der Waals surface area contributed by atoms with Gasteiger partial charge < -0.3 is 0 Å². The van der Waals surface area contributed by atoms with Crippen molar-refractivity contribution in [1.29, 1.82) is 0 Å². The number of nitrogens with one attached hydrogen (secondary N) is 2.